The zero-order valence-electron chi connectivity index (χ0n) is 14.7. The third kappa shape index (κ3) is 3.54. The zero-order chi connectivity index (χ0) is 17.8. The third-order valence-corrected chi connectivity index (χ3v) is 5.11. The van der Waals surface area contributed by atoms with E-state index in [9.17, 15) is 4.79 Å². The number of carbonyl (C=O) groups is 1. The van der Waals surface area contributed by atoms with Crippen molar-refractivity contribution < 1.29 is 9.53 Å². The predicted molar refractivity (Wildman–Crippen MR) is 99.9 cm³/mol. The molecule has 2 heterocycles. The molecule has 5 nitrogen and oxygen atoms in total. The largest absolute Gasteiger partial charge is 0.465 e. The number of hydrogen-bond donors (Lipinski definition) is 0. The van der Waals surface area contributed by atoms with E-state index in [1.165, 1.54) is 7.11 Å². The maximum atomic E-state index is 12.3. The van der Waals surface area contributed by atoms with E-state index in [0.717, 1.165) is 40.3 Å². The number of pyridine rings is 1. The fraction of sp³-hybridized carbons (Fsp3) is 0.316. The lowest BCUT2D eigenvalue weighted by Crippen LogP contribution is -2.10. The molecule has 25 heavy (non-hydrogen) atoms. The molecule has 0 saturated carbocycles. The first-order valence-corrected chi connectivity index (χ1v) is 9.24. The lowest BCUT2D eigenvalue weighted by atomic mass is 10.0. The van der Waals surface area contributed by atoms with Gasteiger partial charge in [-0.1, -0.05) is 36.9 Å². The predicted octanol–water partition coefficient (Wildman–Crippen LogP) is 4.23. The van der Waals surface area contributed by atoms with Crippen LogP contribution in [0.4, 0.5) is 0 Å². The summed E-state index contributed by atoms with van der Waals surface area (Å²) < 4.78 is 7.12. The lowest BCUT2D eigenvalue weighted by Gasteiger charge is -2.13. The van der Waals surface area contributed by atoms with Crippen molar-refractivity contribution in [1.29, 1.82) is 0 Å². The maximum Gasteiger partial charge on any atom is 0.340 e. The average Bonchev–Trinajstić information content (AvgIpc) is 3.07. The second kappa shape index (κ2) is 7.70. The highest BCUT2D eigenvalue weighted by molar-refractivity contribution is 7.98. The number of para-hydroxylation sites is 1. The molecule has 0 atom stereocenters. The third-order valence-electron chi connectivity index (χ3n) is 4.10. The molecule has 130 valence electrons. The Bertz CT molecular complexity index is 905. The summed E-state index contributed by atoms with van der Waals surface area (Å²) in [4.78, 5) is 21.5. The number of imidazole rings is 1. The van der Waals surface area contributed by atoms with Crippen LogP contribution < -0.4 is 0 Å². The number of thioether (sulfide) groups is 1. The molecule has 3 rings (SSSR count). The molecule has 1 aromatic carbocycles. The van der Waals surface area contributed by atoms with Crippen molar-refractivity contribution in [3.8, 4) is 0 Å². The SMILES string of the molecule is CCCn1ccnc1SCc1nc2ccccc2c(C)c1C(=O)OC. The molecule has 2 aromatic heterocycles. The Morgan fingerprint density at radius 2 is 2.12 bits per heavy atom. The molecule has 0 unspecified atom stereocenters. The minimum Gasteiger partial charge on any atom is -0.465 e. The summed E-state index contributed by atoms with van der Waals surface area (Å²) in [6.07, 6.45) is 4.83. The number of fused-ring (bicyclic) bond motifs is 1. The van der Waals surface area contributed by atoms with Crippen LogP contribution >= 0.6 is 11.8 Å². The molecule has 0 amide bonds. The van der Waals surface area contributed by atoms with Gasteiger partial charge in [0.25, 0.3) is 0 Å². The van der Waals surface area contributed by atoms with Gasteiger partial charge < -0.3 is 9.30 Å². The molecule has 0 radical (unpaired) electrons. The van der Waals surface area contributed by atoms with Crippen LogP contribution in [0.5, 0.6) is 0 Å². The lowest BCUT2D eigenvalue weighted by molar-refractivity contribution is 0.0598. The highest BCUT2D eigenvalue weighted by Gasteiger charge is 2.20. The van der Waals surface area contributed by atoms with E-state index in [1.807, 2.05) is 37.4 Å². The Balaban J connectivity index is 1.99. The van der Waals surface area contributed by atoms with Crippen molar-refractivity contribution in [2.24, 2.45) is 0 Å². The van der Waals surface area contributed by atoms with Crippen LogP contribution in [0.25, 0.3) is 10.9 Å². The first-order chi connectivity index (χ1) is 12.2. The molecule has 0 fully saturated rings. The van der Waals surface area contributed by atoms with Gasteiger partial charge in [0.1, 0.15) is 0 Å². The number of hydrogen-bond acceptors (Lipinski definition) is 5. The summed E-state index contributed by atoms with van der Waals surface area (Å²) in [6.45, 7) is 5.01. The summed E-state index contributed by atoms with van der Waals surface area (Å²) >= 11 is 1.59. The van der Waals surface area contributed by atoms with E-state index in [0.29, 0.717) is 11.3 Å². The number of carbonyl (C=O) groups excluding carboxylic acids is 1. The monoisotopic (exact) mass is 355 g/mol. The van der Waals surface area contributed by atoms with Crippen molar-refractivity contribution in [2.75, 3.05) is 7.11 Å². The van der Waals surface area contributed by atoms with Crippen LogP contribution in [0.1, 0.15) is 35.0 Å². The van der Waals surface area contributed by atoms with Crippen molar-refractivity contribution in [1.82, 2.24) is 14.5 Å². The fourth-order valence-corrected chi connectivity index (χ4v) is 3.83. The highest BCUT2D eigenvalue weighted by atomic mass is 32.2. The number of aromatic nitrogens is 3. The smallest absolute Gasteiger partial charge is 0.340 e. The topological polar surface area (TPSA) is 57.0 Å². The second-order valence-corrected chi connectivity index (χ2v) is 6.70. The molecule has 0 saturated heterocycles. The van der Waals surface area contributed by atoms with Crippen LogP contribution in [0.3, 0.4) is 0 Å². The van der Waals surface area contributed by atoms with Gasteiger partial charge in [0.2, 0.25) is 0 Å². The molecule has 0 bridgehead atoms. The first kappa shape index (κ1) is 17.5. The van der Waals surface area contributed by atoms with Crippen molar-refractivity contribution in [2.45, 2.75) is 37.7 Å². The van der Waals surface area contributed by atoms with Gasteiger partial charge in [0, 0.05) is 30.1 Å². The Labute approximate surface area is 151 Å². The summed E-state index contributed by atoms with van der Waals surface area (Å²) in [5.41, 5.74) is 3.09. The fourth-order valence-electron chi connectivity index (χ4n) is 2.90. The first-order valence-electron chi connectivity index (χ1n) is 8.26. The zero-order valence-corrected chi connectivity index (χ0v) is 15.5. The molecule has 0 aliphatic carbocycles. The minimum atomic E-state index is -0.344. The number of benzene rings is 1. The number of rotatable bonds is 6. The number of esters is 1. The Hall–Kier alpha value is -2.34. The van der Waals surface area contributed by atoms with E-state index >= 15 is 0 Å². The molecule has 3 aromatic rings. The molecular formula is C19H21N3O2S. The molecular weight excluding hydrogens is 334 g/mol. The van der Waals surface area contributed by atoms with Crippen LogP contribution in [0, 0.1) is 6.92 Å². The summed E-state index contributed by atoms with van der Waals surface area (Å²) in [7, 11) is 1.40. The molecule has 0 spiro atoms. The number of ether oxygens (including phenoxy) is 1. The van der Waals surface area contributed by atoms with E-state index in [4.69, 9.17) is 9.72 Å². The van der Waals surface area contributed by atoms with Crippen molar-refractivity contribution in [3.05, 3.63) is 53.5 Å². The Kier molecular flexibility index (Phi) is 5.38. The molecule has 6 heteroatoms. The average molecular weight is 355 g/mol. The van der Waals surface area contributed by atoms with Gasteiger partial charge in [-0.05, 0) is 25.0 Å². The van der Waals surface area contributed by atoms with Gasteiger partial charge in [0.05, 0.1) is 23.9 Å². The summed E-state index contributed by atoms with van der Waals surface area (Å²) in [5.74, 6) is 0.222. The van der Waals surface area contributed by atoms with Crippen LogP contribution in [-0.4, -0.2) is 27.6 Å². The van der Waals surface area contributed by atoms with Gasteiger partial charge in [-0.2, -0.15) is 0 Å². The Morgan fingerprint density at radius 3 is 2.88 bits per heavy atom. The quantitative estimate of drug-likeness (QED) is 0.489. The highest BCUT2D eigenvalue weighted by Crippen LogP contribution is 2.28. The number of methoxy groups -OCH3 is 1. The van der Waals surface area contributed by atoms with Crippen LogP contribution in [-0.2, 0) is 17.0 Å². The van der Waals surface area contributed by atoms with E-state index in [-0.39, 0.29) is 5.97 Å². The minimum absolute atomic E-state index is 0.344. The van der Waals surface area contributed by atoms with Crippen LogP contribution in [0.15, 0.2) is 41.8 Å². The maximum absolute atomic E-state index is 12.3. The van der Waals surface area contributed by atoms with Gasteiger partial charge >= 0.3 is 5.97 Å². The molecule has 0 N–H and O–H groups in total. The number of nitrogens with zero attached hydrogens (tertiary/aromatic N) is 3. The van der Waals surface area contributed by atoms with Gasteiger partial charge in [-0.15, -0.1) is 0 Å². The standard InChI is InChI=1S/C19H21N3O2S/c1-4-10-22-11-9-20-19(22)25-12-16-17(18(23)24-3)13(2)14-7-5-6-8-15(14)21-16/h5-9,11H,4,10,12H2,1-3H3. The van der Waals surface area contributed by atoms with Gasteiger partial charge in [0.15, 0.2) is 5.16 Å². The second-order valence-electron chi connectivity index (χ2n) is 5.76. The van der Waals surface area contributed by atoms with Gasteiger partial charge in [-0.3, -0.25) is 4.98 Å². The summed E-state index contributed by atoms with van der Waals surface area (Å²) in [6, 6.07) is 7.86. The van der Waals surface area contributed by atoms with E-state index in [2.05, 4.69) is 16.5 Å². The van der Waals surface area contributed by atoms with E-state index in [1.54, 1.807) is 18.0 Å². The summed E-state index contributed by atoms with van der Waals surface area (Å²) in [5, 5.41) is 1.91. The number of aryl methyl sites for hydroxylation is 2. The normalized spacial score (nSPS) is 11.0. The molecule has 0 aliphatic rings. The van der Waals surface area contributed by atoms with E-state index < -0.39 is 0 Å². The van der Waals surface area contributed by atoms with Crippen molar-refractivity contribution in [3.63, 3.8) is 0 Å². The Morgan fingerprint density at radius 1 is 1.32 bits per heavy atom. The van der Waals surface area contributed by atoms with Crippen LogP contribution in [0.2, 0.25) is 0 Å². The molecule has 0 aliphatic heterocycles. The van der Waals surface area contributed by atoms with Crippen molar-refractivity contribution >= 4 is 28.6 Å². The van der Waals surface area contributed by atoms with Gasteiger partial charge in [-0.25, -0.2) is 9.78 Å².